The van der Waals surface area contributed by atoms with Gasteiger partial charge in [-0.05, 0) is 58.7 Å². The number of halogens is 2. The molecule has 0 spiro atoms. The summed E-state index contributed by atoms with van der Waals surface area (Å²) in [5.41, 5.74) is 9.36. The van der Waals surface area contributed by atoms with Gasteiger partial charge in [-0.1, -0.05) is 17.7 Å². The Morgan fingerprint density at radius 3 is 2.47 bits per heavy atom. The first kappa shape index (κ1) is 12.3. The number of aryl methyl sites for hydroxylation is 1. The first-order valence-corrected chi connectivity index (χ1v) is 6.31. The van der Waals surface area contributed by atoms with Gasteiger partial charge in [0.05, 0.1) is 16.4 Å². The lowest BCUT2D eigenvalue weighted by molar-refractivity contribution is 1.45. The highest BCUT2D eigenvalue weighted by Gasteiger charge is 2.04. The molecule has 0 aliphatic rings. The van der Waals surface area contributed by atoms with Crippen LogP contribution in [-0.4, -0.2) is 0 Å². The van der Waals surface area contributed by atoms with Crippen molar-refractivity contribution < 1.29 is 0 Å². The number of nitrogens with two attached hydrogens (primary N) is 1. The molecule has 0 saturated carbocycles. The van der Waals surface area contributed by atoms with E-state index in [1.165, 1.54) is 0 Å². The van der Waals surface area contributed by atoms with Gasteiger partial charge in [0.15, 0.2) is 0 Å². The van der Waals surface area contributed by atoms with Crippen LogP contribution in [-0.2, 0) is 0 Å². The number of hydrogen-bond acceptors (Lipinski definition) is 2. The Labute approximate surface area is 114 Å². The van der Waals surface area contributed by atoms with Crippen molar-refractivity contribution in [1.82, 2.24) is 0 Å². The maximum Gasteiger partial charge on any atom is 0.0643 e. The van der Waals surface area contributed by atoms with Gasteiger partial charge in [0, 0.05) is 10.2 Å². The van der Waals surface area contributed by atoms with Crippen LogP contribution < -0.4 is 11.1 Å². The van der Waals surface area contributed by atoms with E-state index in [0.29, 0.717) is 5.02 Å². The molecule has 2 aromatic carbocycles. The van der Waals surface area contributed by atoms with E-state index in [9.17, 15) is 0 Å². The lowest BCUT2D eigenvalue weighted by Gasteiger charge is -2.11. The summed E-state index contributed by atoms with van der Waals surface area (Å²) in [5, 5.41) is 3.96. The zero-order valence-corrected chi connectivity index (χ0v) is 11.6. The molecule has 0 fully saturated rings. The average molecular weight is 312 g/mol. The molecule has 0 aliphatic carbocycles. The molecule has 0 unspecified atom stereocenters. The normalized spacial score (nSPS) is 10.3. The Hall–Kier alpha value is -1.19. The first-order valence-electron chi connectivity index (χ1n) is 5.14. The van der Waals surface area contributed by atoms with Gasteiger partial charge in [0.2, 0.25) is 0 Å². The van der Waals surface area contributed by atoms with E-state index in [0.717, 1.165) is 27.1 Å². The van der Waals surface area contributed by atoms with Crippen LogP contribution in [0.25, 0.3) is 0 Å². The third-order valence-electron chi connectivity index (χ3n) is 2.39. The molecule has 3 N–H and O–H groups in total. The van der Waals surface area contributed by atoms with Crippen LogP contribution in [0.5, 0.6) is 0 Å². The standard InChI is InChI=1S/C13H12BrClN2/c1-8-2-4-13(11(15)6-8)17-12-5-3-9(16)7-10(12)14/h2-7,17H,16H2,1H3. The van der Waals surface area contributed by atoms with Crippen LogP contribution in [0.4, 0.5) is 17.1 Å². The second-order valence-corrected chi connectivity index (χ2v) is 5.11. The fourth-order valence-electron chi connectivity index (χ4n) is 1.50. The Balaban J connectivity index is 2.31. The molecule has 2 aromatic rings. The smallest absolute Gasteiger partial charge is 0.0643 e. The second-order valence-electron chi connectivity index (χ2n) is 3.85. The number of benzene rings is 2. The van der Waals surface area contributed by atoms with Crippen LogP contribution in [0, 0.1) is 6.92 Å². The van der Waals surface area contributed by atoms with Crippen molar-refractivity contribution in [2.24, 2.45) is 0 Å². The van der Waals surface area contributed by atoms with Crippen molar-refractivity contribution in [2.45, 2.75) is 6.92 Å². The number of rotatable bonds is 2. The summed E-state index contributed by atoms with van der Waals surface area (Å²) >= 11 is 9.62. The van der Waals surface area contributed by atoms with Crippen molar-refractivity contribution in [3.05, 3.63) is 51.5 Å². The molecule has 4 heteroatoms. The largest absolute Gasteiger partial charge is 0.399 e. The molecule has 0 saturated heterocycles. The summed E-state index contributed by atoms with van der Waals surface area (Å²) in [6, 6.07) is 11.5. The minimum Gasteiger partial charge on any atom is -0.399 e. The van der Waals surface area contributed by atoms with Gasteiger partial charge in [-0.2, -0.15) is 0 Å². The minimum atomic E-state index is 0.703. The maximum absolute atomic E-state index is 6.16. The molecular formula is C13H12BrClN2. The summed E-state index contributed by atoms with van der Waals surface area (Å²) in [6.45, 7) is 2.01. The van der Waals surface area contributed by atoms with E-state index in [1.807, 2.05) is 43.3 Å². The van der Waals surface area contributed by atoms with Gasteiger partial charge in [-0.3, -0.25) is 0 Å². The van der Waals surface area contributed by atoms with Crippen molar-refractivity contribution in [3.63, 3.8) is 0 Å². The van der Waals surface area contributed by atoms with Crippen LogP contribution in [0.1, 0.15) is 5.56 Å². The monoisotopic (exact) mass is 310 g/mol. The van der Waals surface area contributed by atoms with Gasteiger partial charge < -0.3 is 11.1 Å². The van der Waals surface area contributed by atoms with Crippen LogP contribution >= 0.6 is 27.5 Å². The van der Waals surface area contributed by atoms with E-state index >= 15 is 0 Å². The van der Waals surface area contributed by atoms with E-state index in [1.54, 1.807) is 0 Å². The summed E-state index contributed by atoms with van der Waals surface area (Å²) in [4.78, 5) is 0. The summed E-state index contributed by atoms with van der Waals surface area (Å²) in [6.07, 6.45) is 0. The van der Waals surface area contributed by atoms with Gasteiger partial charge in [-0.15, -0.1) is 0 Å². The predicted octanol–water partition coefficient (Wildman–Crippen LogP) is 4.74. The summed E-state index contributed by atoms with van der Waals surface area (Å²) in [7, 11) is 0. The van der Waals surface area contributed by atoms with Crippen molar-refractivity contribution in [3.8, 4) is 0 Å². The number of nitrogen functional groups attached to an aromatic ring is 1. The molecule has 0 atom stereocenters. The van der Waals surface area contributed by atoms with Crippen molar-refractivity contribution in [1.29, 1.82) is 0 Å². The molecule has 0 radical (unpaired) electrons. The molecule has 0 bridgehead atoms. The van der Waals surface area contributed by atoms with E-state index in [-0.39, 0.29) is 0 Å². The average Bonchev–Trinajstić information content (AvgIpc) is 2.25. The highest BCUT2D eigenvalue weighted by Crippen LogP contribution is 2.31. The lowest BCUT2D eigenvalue weighted by Crippen LogP contribution is -1.94. The Morgan fingerprint density at radius 1 is 1.12 bits per heavy atom. The number of nitrogens with one attached hydrogen (secondary N) is 1. The predicted molar refractivity (Wildman–Crippen MR) is 78.0 cm³/mol. The zero-order valence-electron chi connectivity index (χ0n) is 9.30. The Bertz CT molecular complexity index is 506. The van der Waals surface area contributed by atoms with Gasteiger partial charge in [0.25, 0.3) is 0 Å². The Morgan fingerprint density at radius 2 is 1.82 bits per heavy atom. The summed E-state index contributed by atoms with van der Waals surface area (Å²) < 4.78 is 0.911. The SMILES string of the molecule is Cc1ccc(Nc2ccc(N)cc2Br)c(Cl)c1. The third-order valence-corrected chi connectivity index (χ3v) is 3.36. The van der Waals surface area contributed by atoms with Crippen molar-refractivity contribution >= 4 is 44.6 Å². The van der Waals surface area contributed by atoms with Crippen molar-refractivity contribution in [2.75, 3.05) is 11.1 Å². The van der Waals surface area contributed by atoms with Crippen LogP contribution in [0.15, 0.2) is 40.9 Å². The fourth-order valence-corrected chi connectivity index (χ4v) is 2.28. The molecule has 0 aliphatic heterocycles. The lowest BCUT2D eigenvalue weighted by atomic mass is 10.2. The topological polar surface area (TPSA) is 38.0 Å². The fraction of sp³-hybridized carbons (Fsp3) is 0.0769. The second kappa shape index (κ2) is 4.98. The highest BCUT2D eigenvalue weighted by molar-refractivity contribution is 9.10. The molecule has 88 valence electrons. The first-order chi connectivity index (χ1) is 8.06. The number of hydrogen-bond donors (Lipinski definition) is 2. The van der Waals surface area contributed by atoms with E-state index < -0.39 is 0 Å². The third kappa shape index (κ3) is 2.93. The number of anilines is 3. The molecule has 0 heterocycles. The molecular weight excluding hydrogens is 300 g/mol. The zero-order chi connectivity index (χ0) is 12.4. The van der Waals surface area contributed by atoms with Gasteiger partial charge in [-0.25, -0.2) is 0 Å². The van der Waals surface area contributed by atoms with Crippen LogP contribution in [0.3, 0.4) is 0 Å². The summed E-state index contributed by atoms with van der Waals surface area (Å²) in [5.74, 6) is 0. The van der Waals surface area contributed by atoms with Gasteiger partial charge >= 0.3 is 0 Å². The highest BCUT2D eigenvalue weighted by atomic mass is 79.9. The van der Waals surface area contributed by atoms with Crippen LogP contribution in [0.2, 0.25) is 5.02 Å². The quantitative estimate of drug-likeness (QED) is 0.786. The molecule has 0 amide bonds. The maximum atomic E-state index is 6.16. The Kier molecular flexibility index (Phi) is 3.60. The molecule has 2 rings (SSSR count). The minimum absolute atomic E-state index is 0.703. The molecule has 2 nitrogen and oxygen atoms in total. The van der Waals surface area contributed by atoms with E-state index in [2.05, 4.69) is 21.2 Å². The molecule has 17 heavy (non-hydrogen) atoms. The van der Waals surface area contributed by atoms with E-state index in [4.69, 9.17) is 17.3 Å². The van der Waals surface area contributed by atoms with Gasteiger partial charge in [0.1, 0.15) is 0 Å². The molecule has 0 aromatic heterocycles.